The molecule has 3 heterocycles. The van der Waals surface area contributed by atoms with E-state index in [4.69, 9.17) is 55.8 Å². The molecule has 8 N–H and O–H groups in total. The molecule has 536 valence electrons. The zero-order chi connectivity index (χ0) is 74.3. The summed E-state index contributed by atoms with van der Waals surface area (Å²) in [5.74, 6) is -4.07. The molecule has 3 unspecified atom stereocenters. The van der Waals surface area contributed by atoms with E-state index in [1.165, 1.54) is 79.1 Å². The van der Waals surface area contributed by atoms with E-state index in [-0.39, 0.29) is 82.5 Å². The summed E-state index contributed by atoms with van der Waals surface area (Å²) >= 11 is 5.83. The minimum absolute atomic E-state index is 0.0398. The minimum atomic E-state index is -4.61. The van der Waals surface area contributed by atoms with Gasteiger partial charge in [-0.1, -0.05) is 36.7 Å². The van der Waals surface area contributed by atoms with E-state index in [0.717, 1.165) is 48.7 Å². The zero-order valence-corrected chi connectivity index (χ0v) is 56.2. The van der Waals surface area contributed by atoms with E-state index in [9.17, 15) is 90.2 Å². The van der Waals surface area contributed by atoms with E-state index >= 15 is 0 Å². The van der Waals surface area contributed by atoms with Gasteiger partial charge in [-0.3, -0.25) is 30.1 Å². The van der Waals surface area contributed by atoms with Gasteiger partial charge in [0.1, 0.15) is 33.8 Å². The summed E-state index contributed by atoms with van der Waals surface area (Å²) < 4.78 is 193. The third kappa shape index (κ3) is 27.1. The number of urea groups is 2. The van der Waals surface area contributed by atoms with Crippen LogP contribution in [-0.4, -0.2) is 165 Å². The van der Waals surface area contributed by atoms with Gasteiger partial charge in [0.25, 0.3) is 25.7 Å². The Labute approximate surface area is 558 Å². The Balaban J connectivity index is 0.000000355. The number of benzene rings is 3. The van der Waals surface area contributed by atoms with Crippen molar-refractivity contribution in [2.24, 2.45) is 5.73 Å². The number of alkyl halides is 6. The lowest BCUT2D eigenvalue weighted by atomic mass is 10.1. The fourth-order valence-electron chi connectivity index (χ4n) is 6.92. The number of halogens is 7. The Morgan fingerprint density at radius 3 is 1.89 bits per heavy atom. The molecule has 0 fully saturated rings. The van der Waals surface area contributed by atoms with Crippen LogP contribution < -0.4 is 44.8 Å². The van der Waals surface area contributed by atoms with Crippen LogP contribution in [0.25, 0.3) is 0 Å². The van der Waals surface area contributed by atoms with E-state index < -0.39 is 141 Å². The lowest BCUT2D eigenvalue weighted by Crippen LogP contribution is -2.36. The van der Waals surface area contributed by atoms with Gasteiger partial charge in [-0.25, -0.2) is 50.4 Å². The van der Waals surface area contributed by atoms with Gasteiger partial charge in [-0.2, -0.15) is 59.7 Å². The Bertz CT molecular complexity index is 4240. The number of hydrogen-bond donors (Lipinski definition) is 7. The number of methoxy groups -OCH3 is 3. The third-order valence-corrected chi connectivity index (χ3v) is 17.5. The summed E-state index contributed by atoms with van der Waals surface area (Å²) in [6.07, 6.45) is -11.0. The number of amides is 4. The van der Waals surface area contributed by atoms with Gasteiger partial charge in [-0.05, 0) is 81.6 Å². The molecule has 6 rings (SSSR count). The van der Waals surface area contributed by atoms with Crippen LogP contribution in [0, 0.1) is 17.0 Å². The average Bonchev–Trinajstić information content (AvgIpc) is 0.797. The highest BCUT2D eigenvalue weighted by atomic mass is 35.5. The molecule has 3 aromatic carbocycles. The molecular weight excluding hydrogens is 1430 g/mol. The number of ether oxygens (including phenoxy) is 6. The number of pyridine rings is 1. The standard InChI is InChI=1S/C19H15ClF3NO7.C15H16F3N5O4S.C14H17N5O7S2.C5H12NO4P/c1-3-29-17(25)10(2)30-18(26)13-9-12(5-6-15(13)24(27)28)31-16-7-4-11(8-14(16)20)19(21,22)23;1-9-19-12(22-14(20-9)27-2)21-13(24)23-28(25,26)11-6-4-3-5-10(11)7-8-15(16,17)18;1-4-27(21,22)9-6-5-7-15-12(9)28(23,24)19-14(20)18-13-16-10(25-2)8-11(17-13)26-3;1-11(9,10)3-2-4(6)5(7)8/h4-10H,3H2,1-2H3;3-6H,7-8H2,1-2H3,(H2,19,20,21,22,23,24);5-8H,4H2,1-3H3,(H2,16,17,18,19,20);4H,2-3,6H2,1H3,(H,7,8)(H,9,10). The van der Waals surface area contributed by atoms with Crippen molar-refractivity contribution in [1.29, 1.82) is 0 Å². The highest BCUT2D eigenvalue weighted by molar-refractivity contribution is 7.93. The van der Waals surface area contributed by atoms with Crippen molar-refractivity contribution >= 4 is 96.4 Å². The monoisotopic (exact) mass is 1490 g/mol. The lowest BCUT2D eigenvalue weighted by Gasteiger charge is -2.13. The van der Waals surface area contributed by atoms with Crippen LogP contribution in [0.3, 0.4) is 0 Å². The van der Waals surface area contributed by atoms with E-state index in [1.807, 2.05) is 0 Å². The summed E-state index contributed by atoms with van der Waals surface area (Å²) in [4.78, 5) is 99.0. The largest absolute Gasteiger partial charge is 0.481 e. The molecule has 98 heavy (non-hydrogen) atoms. The van der Waals surface area contributed by atoms with E-state index in [2.05, 4.69) is 40.5 Å². The summed E-state index contributed by atoms with van der Waals surface area (Å²) in [6.45, 7) is 6.85. The zero-order valence-electron chi connectivity index (χ0n) is 52.1. The number of nitrogens with one attached hydrogen (secondary N) is 4. The Hall–Kier alpha value is -9.68. The maximum absolute atomic E-state index is 12.8. The van der Waals surface area contributed by atoms with Gasteiger partial charge in [0, 0.05) is 37.6 Å². The first-order chi connectivity index (χ1) is 45.4. The lowest BCUT2D eigenvalue weighted by molar-refractivity contribution is -0.385. The molecule has 3 atom stereocenters. The quantitative estimate of drug-likeness (QED) is 0.0103. The van der Waals surface area contributed by atoms with Gasteiger partial charge >= 0.3 is 48.3 Å². The average molecular weight is 1490 g/mol. The number of hydrogen-bond acceptors (Lipinski definition) is 27. The number of aromatic nitrogens is 6. The number of rotatable bonds is 24. The van der Waals surface area contributed by atoms with Crippen molar-refractivity contribution in [3.05, 3.63) is 123 Å². The number of carbonyl (C=O) groups is 5. The minimum Gasteiger partial charge on any atom is -0.481 e. The number of nitro benzene ring substituents is 1. The van der Waals surface area contributed by atoms with Crippen molar-refractivity contribution in [1.82, 2.24) is 39.3 Å². The smallest absolute Gasteiger partial charge is 0.416 e. The number of anilines is 2. The number of nitrogens with two attached hydrogens (primary N) is 1. The van der Waals surface area contributed by atoms with E-state index in [1.54, 1.807) is 16.4 Å². The number of carbonyl (C=O) groups excluding carboxylic acids is 4. The summed E-state index contributed by atoms with van der Waals surface area (Å²) in [5, 5.41) is 22.6. The van der Waals surface area contributed by atoms with Crippen molar-refractivity contribution in [3.63, 3.8) is 0 Å². The maximum atomic E-state index is 12.8. The molecule has 34 nitrogen and oxygen atoms in total. The van der Waals surface area contributed by atoms with Crippen LogP contribution in [0.4, 0.5) is 53.5 Å². The normalized spacial score (nSPS) is 12.6. The summed E-state index contributed by atoms with van der Waals surface area (Å²) in [6, 6.07) is 10.6. The molecular formula is C53H60ClF6N12O22PS3. The molecule has 0 aliphatic carbocycles. The second-order valence-corrected chi connectivity index (χ2v) is 27.5. The first-order valence-electron chi connectivity index (χ1n) is 27.1. The van der Waals surface area contributed by atoms with Crippen LogP contribution in [0.5, 0.6) is 29.3 Å². The predicted octanol–water partition coefficient (Wildman–Crippen LogP) is 7.24. The van der Waals surface area contributed by atoms with Crippen LogP contribution >= 0.6 is 19.0 Å². The van der Waals surface area contributed by atoms with Gasteiger partial charge in [0.2, 0.25) is 23.7 Å². The summed E-state index contributed by atoms with van der Waals surface area (Å²) in [7, 11) is -12.1. The summed E-state index contributed by atoms with van der Waals surface area (Å²) in [5.41, 5.74) is 2.85. The van der Waals surface area contributed by atoms with Gasteiger partial charge in [0.05, 0.1) is 60.2 Å². The van der Waals surface area contributed by atoms with E-state index in [0.29, 0.717) is 6.07 Å². The molecule has 0 bridgehead atoms. The first-order valence-corrected chi connectivity index (χ1v) is 34.4. The van der Waals surface area contributed by atoms with Crippen LogP contribution in [-0.2, 0) is 66.1 Å². The fourth-order valence-corrected chi connectivity index (χ4v) is 11.6. The molecule has 0 saturated heterocycles. The van der Waals surface area contributed by atoms with Crippen LogP contribution in [0.1, 0.15) is 60.9 Å². The first kappa shape index (κ1) is 82.6. The van der Waals surface area contributed by atoms with Crippen molar-refractivity contribution in [2.75, 3.05) is 57.1 Å². The predicted molar refractivity (Wildman–Crippen MR) is 330 cm³/mol. The molecule has 6 aromatic rings. The molecule has 45 heteroatoms. The Morgan fingerprint density at radius 2 is 1.37 bits per heavy atom. The fraction of sp³-hybridized carbons (Fsp3) is 0.340. The SMILES string of the molecule is CCOC(=O)C(C)OC(=O)c1cc(Oc2ccc(C(F)(F)F)cc2Cl)ccc1[N+](=O)[O-].CCS(=O)(=O)c1cccnc1S(=O)(=O)NC(=O)Nc1nc(OC)cc(OC)n1.COc1nc(C)nc(NC(=O)NS(=O)(=O)c2ccccc2CCC(F)(F)F)n1.CP(=O)(O)CCC(N)C(=O)O. The topological polar surface area (TPSA) is 495 Å². The third-order valence-electron chi connectivity index (χ3n) is 11.5. The number of carboxylic acid groups (broad SMARTS) is 1. The number of nitrogens with zero attached hydrogens (tertiary/aromatic N) is 7. The highest BCUT2D eigenvalue weighted by Crippen LogP contribution is 2.38. The number of nitro groups is 1. The van der Waals surface area contributed by atoms with Gasteiger partial charge in [0.15, 0.2) is 28.3 Å². The van der Waals surface area contributed by atoms with Crippen molar-refractivity contribution in [2.45, 2.75) is 86.3 Å². The van der Waals surface area contributed by atoms with Gasteiger partial charge in [-0.15, -0.1) is 0 Å². The van der Waals surface area contributed by atoms with Crippen LogP contribution in [0.15, 0.2) is 99.9 Å². The number of sulfonamides is 2. The second-order valence-electron chi connectivity index (χ2n) is 19.0. The van der Waals surface area contributed by atoms with Crippen LogP contribution in [0.2, 0.25) is 5.02 Å². The number of aliphatic carboxylic acids is 1. The van der Waals surface area contributed by atoms with Gasteiger partial charge < -0.3 is 44.2 Å². The molecule has 3 aromatic heterocycles. The number of esters is 2. The molecule has 4 amide bonds. The maximum Gasteiger partial charge on any atom is 0.416 e. The number of aryl methyl sites for hydroxylation is 2. The number of sulfone groups is 1. The molecule has 0 radical (unpaired) electrons. The second kappa shape index (κ2) is 36.1. The molecule has 0 aliphatic rings. The highest BCUT2D eigenvalue weighted by Gasteiger charge is 2.34. The Kier molecular flexibility index (Phi) is 30.4. The molecule has 0 spiro atoms. The number of carboxylic acids is 1. The van der Waals surface area contributed by atoms with Crippen molar-refractivity contribution < 1.29 is 123 Å². The Morgan fingerprint density at radius 1 is 0.786 bits per heavy atom. The van der Waals surface area contributed by atoms with Crippen molar-refractivity contribution in [3.8, 4) is 29.3 Å². The molecule has 0 saturated carbocycles. The molecule has 0 aliphatic heterocycles.